The first-order chi connectivity index (χ1) is 11.5. The molecule has 1 unspecified atom stereocenters. The van der Waals surface area contributed by atoms with Crippen LogP contribution >= 0.6 is 11.3 Å². The summed E-state index contributed by atoms with van der Waals surface area (Å²) in [7, 11) is 1.67. The van der Waals surface area contributed by atoms with E-state index in [4.69, 9.17) is 5.41 Å². The number of aryl methyl sites for hydroxylation is 1. The van der Waals surface area contributed by atoms with E-state index in [-0.39, 0.29) is 11.9 Å². The minimum absolute atomic E-state index is 0.0242. The molecule has 2 aromatic rings. The van der Waals surface area contributed by atoms with Crippen molar-refractivity contribution >= 4 is 23.2 Å². The van der Waals surface area contributed by atoms with E-state index in [0.717, 1.165) is 12.8 Å². The van der Waals surface area contributed by atoms with Gasteiger partial charge in [-0.2, -0.15) is 0 Å². The first-order valence-corrected chi connectivity index (χ1v) is 9.12. The predicted molar refractivity (Wildman–Crippen MR) is 97.1 cm³/mol. The molecule has 1 aromatic heterocycles. The number of rotatable bonds is 3. The van der Waals surface area contributed by atoms with Gasteiger partial charge in [-0.3, -0.25) is 15.1 Å². The van der Waals surface area contributed by atoms with Crippen LogP contribution in [0.25, 0.3) is 10.4 Å². The highest BCUT2D eigenvalue weighted by Gasteiger charge is 2.52. The van der Waals surface area contributed by atoms with Crippen molar-refractivity contribution < 1.29 is 4.79 Å². The van der Waals surface area contributed by atoms with Crippen molar-refractivity contribution in [3.8, 4) is 10.4 Å². The van der Waals surface area contributed by atoms with Crippen LogP contribution in [0.5, 0.6) is 0 Å². The van der Waals surface area contributed by atoms with Crippen molar-refractivity contribution in [1.82, 2.24) is 10.2 Å². The summed E-state index contributed by atoms with van der Waals surface area (Å²) in [6.07, 6.45) is 2.67. The van der Waals surface area contributed by atoms with Crippen LogP contribution in [0.3, 0.4) is 0 Å². The summed E-state index contributed by atoms with van der Waals surface area (Å²) in [5, 5.41) is 11.5. The number of carbonyl (C=O) groups excluding carboxylic acids is 1. The molecule has 1 aliphatic carbocycles. The zero-order valence-electron chi connectivity index (χ0n) is 13.9. The van der Waals surface area contributed by atoms with Gasteiger partial charge in [-0.05, 0) is 43.4 Å². The van der Waals surface area contributed by atoms with Crippen LogP contribution in [-0.2, 0) is 10.3 Å². The maximum Gasteiger partial charge on any atom is 0.231 e. The second-order valence-corrected chi connectivity index (χ2v) is 7.97. The molecule has 2 heterocycles. The number of nitrogens with one attached hydrogen (secondary N) is 2. The first kappa shape index (κ1) is 15.4. The Hall–Kier alpha value is -2.14. The Labute approximate surface area is 146 Å². The molecule has 5 heteroatoms. The molecule has 2 fully saturated rings. The lowest BCUT2D eigenvalue weighted by Gasteiger charge is -2.41. The maximum absolute atomic E-state index is 12.4. The third-order valence-electron chi connectivity index (χ3n) is 5.10. The van der Waals surface area contributed by atoms with E-state index in [2.05, 4.69) is 48.6 Å². The van der Waals surface area contributed by atoms with Gasteiger partial charge < -0.3 is 5.32 Å². The molecule has 4 nitrogen and oxygen atoms in total. The van der Waals surface area contributed by atoms with Crippen molar-refractivity contribution in [3.05, 3.63) is 46.8 Å². The minimum Gasteiger partial charge on any atom is -0.345 e. The van der Waals surface area contributed by atoms with Crippen LogP contribution < -0.4 is 5.32 Å². The van der Waals surface area contributed by atoms with Gasteiger partial charge in [0.2, 0.25) is 5.91 Å². The van der Waals surface area contributed by atoms with Crippen LogP contribution in [-0.4, -0.2) is 23.8 Å². The molecule has 1 atom stereocenters. The topological polar surface area (TPSA) is 56.2 Å². The highest BCUT2D eigenvalue weighted by molar-refractivity contribution is 7.15. The van der Waals surface area contributed by atoms with Crippen molar-refractivity contribution in [3.63, 3.8) is 0 Å². The number of nitrogens with zero attached hydrogens (tertiary/aromatic N) is 1. The van der Waals surface area contributed by atoms with Gasteiger partial charge in [-0.15, -0.1) is 11.3 Å². The number of hydrogen-bond acceptors (Lipinski definition) is 3. The van der Waals surface area contributed by atoms with Crippen molar-refractivity contribution in [2.45, 2.75) is 31.7 Å². The van der Waals surface area contributed by atoms with Crippen molar-refractivity contribution in [1.29, 1.82) is 5.41 Å². The van der Waals surface area contributed by atoms with E-state index in [0.29, 0.717) is 12.3 Å². The predicted octanol–water partition coefficient (Wildman–Crippen LogP) is 3.72. The van der Waals surface area contributed by atoms with Crippen molar-refractivity contribution in [2.75, 3.05) is 7.05 Å². The number of carbonyl (C=O) groups is 1. The maximum atomic E-state index is 12.4. The Balaban J connectivity index is 1.73. The largest absolute Gasteiger partial charge is 0.345 e. The number of hydrogen-bond donors (Lipinski definition) is 2. The van der Waals surface area contributed by atoms with Gasteiger partial charge in [0.15, 0.2) is 5.96 Å². The molecule has 0 bridgehead atoms. The number of guanidine groups is 1. The van der Waals surface area contributed by atoms with Gasteiger partial charge >= 0.3 is 0 Å². The van der Waals surface area contributed by atoms with E-state index >= 15 is 0 Å². The highest BCUT2D eigenvalue weighted by atomic mass is 32.1. The van der Waals surface area contributed by atoms with E-state index in [9.17, 15) is 4.79 Å². The average Bonchev–Trinajstić information content (AvgIpc) is 3.29. The summed E-state index contributed by atoms with van der Waals surface area (Å²) in [5.74, 6) is 0.680. The molecule has 1 saturated heterocycles. The fourth-order valence-corrected chi connectivity index (χ4v) is 4.75. The molecule has 1 aliphatic heterocycles. The standard InChI is InChI=1S/C19H21N3OS/c1-12-4-3-5-13(10-12)15-8-9-16(24-15)19(14-6-7-14)11-17(23)22(2)18(20)21-19/h3-5,8-10,14H,6-7,11H2,1-2H3,(H2,20,21). The molecule has 24 heavy (non-hydrogen) atoms. The van der Waals surface area contributed by atoms with E-state index in [1.165, 1.54) is 25.8 Å². The number of amides is 1. The van der Waals surface area contributed by atoms with E-state index < -0.39 is 5.54 Å². The molecule has 2 aliphatic rings. The van der Waals surface area contributed by atoms with Crippen LogP contribution in [0.1, 0.15) is 29.7 Å². The molecule has 124 valence electrons. The monoisotopic (exact) mass is 339 g/mol. The summed E-state index contributed by atoms with van der Waals surface area (Å²) >= 11 is 1.74. The number of thiophene rings is 1. The summed E-state index contributed by atoms with van der Waals surface area (Å²) in [5.41, 5.74) is 2.06. The Morgan fingerprint density at radius 2 is 2.08 bits per heavy atom. The summed E-state index contributed by atoms with van der Waals surface area (Å²) in [6.45, 7) is 2.10. The third-order valence-corrected chi connectivity index (χ3v) is 6.42. The zero-order valence-corrected chi connectivity index (χ0v) is 14.7. The highest BCUT2D eigenvalue weighted by Crippen LogP contribution is 2.51. The lowest BCUT2D eigenvalue weighted by atomic mass is 9.85. The Morgan fingerprint density at radius 1 is 1.29 bits per heavy atom. The molecule has 1 aromatic carbocycles. The molecule has 0 radical (unpaired) electrons. The molecular weight excluding hydrogens is 318 g/mol. The smallest absolute Gasteiger partial charge is 0.231 e. The molecule has 2 N–H and O–H groups in total. The Bertz CT molecular complexity index is 804. The van der Waals surface area contributed by atoms with Gasteiger partial charge in [-0.1, -0.05) is 29.8 Å². The fraction of sp³-hybridized carbons (Fsp3) is 0.368. The van der Waals surface area contributed by atoms with Crippen LogP contribution in [0.15, 0.2) is 36.4 Å². The SMILES string of the molecule is Cc1cccc(-c2ccc(C3(C4CC4)CC(=O)N(C)C(=N)N3)s2)c1. The zero-order chi connectivity index (χ0) is 16.9. The summed E-state index contributed by atoms with van der Waals surface area (Å²) < 4.78 is 0. The molecule has 0 spiro atoms. The third kappa shape index (κ3) is 2.44. The Morgan fingerprint density at radius 3 is 2.75 bits per heavy atom. The van der Waals surface area contributed by atoms with E-state index in [1.54, 1.807) is 18.4 Å². The average molecular weight is 339 g/mol. The Kier molecular flexibility index (Phi) is 3.49. The first-order valence-electron chi connectivity index (χ1n) is 8.30. The van der Waals surface area contributed by atoms with Crippen molar-refractivity contribution in [2.24, 2.45) is 5.92 Å². The second-order valence-electron chi connectivity index (χ2n) is 6.88. The van der Waals surface area contributed by atoms with Crippen LogP contribution in [0.4, 0.5) is 0 Å². The molecule has 1 amide bonds. The quantitative estimate of drug-likeness (QED) is 0.895. The van der Waals surface area contributed by atoms with Gasteiger partial charge in [0.05, 0.1) is 12.0 Å². The van der Waals surface area contributed by atoms with Gasteiger partial charge in [0, 0.05) is 16.8 Å². The van der Waals surface area contributed by atoms with E-state index in [1.807, 2.05) is 0 Å². The second kappa shape index (κ2) is 5.45. The summed E-state index contributed by atoms with van der Waals surface area (Å²) in [4.78, 5) is 16.2. The van der Waals surface area contributed by atoms with Crippen LogP contribution in [0.2, 0.25) is 0 Å². The fourth-order valence-electron chi connectivity index (χ4n) is 3.52. The van der Waals surface area contributed by atoms with Gasteiger partial charge in [-0.25, -0.2) is 0 Å². The molecular formula is C19H21N3OS. The van der Waals surface area contributed by atoms with Gasteiger partial charge in [0.25, 0.3) is 0 Å². The lowest BCUT2D eigenvalue weighted by Crippen LogP contribution is -2.60. The summed E-state index contributed by atoms with van der Waals surface area (Å²) in [6, 6.07) is 12.8. The normalized spacial score (nSPS) is 24.2. The molecule has 4 rings (SSSR count). The number of benzene rings is 1. The molecule has 1 saturated carbocycles. The van der Waals surface area contributed by atoms with Gasteiger partial charge in [0.1, 0.15) is 0 Å². The van der Waals surface area contributed by atoms with Crippen LogP contribution in [0, 0.1) is 18.3 Å². The minimum atomic E-state index is -0.395. The lowest BCUT2D eigenvalue weighted by molar-refractivity contribution is -0.130.